The Balaban J connectivity index is 2.62. The number of rotatable bonds is 5. The second-order valence-corrected chi connectivity index (χ2v) is 5.13. The van der Waals surface area contributed by atoms with E-state index >= 15 is 0 Å². The van der Waals surface area contributed by atoms with Crippen molar-refractivity contribution in [1.82, 2.24) is 15.1 Å². The number of carboxylic acid groups (broad SMARTS) is 1. The lowest BCUT2D eigenvalue weighted by atomic mass is 10.1. The van der Waals surface area contributed by atoms with Crippen molar-refractivity contribution in [3.05, 3.63) is 0 Å². The minimum absolute atomic E-state index is 0.116. The topological polar surface area (TPSA) is 55.8 Å². The molecule has 5 heteroatoms. The van der Waals surface area contributed by atoms with Crippen molar-refractivity contribution in [3.8, 4) is 0 Å². The van der Waals surface area contributed by atoms with Crippen LogP contribution in [0.3, 0.4) is 0 Å². The molecule has 17 heavy (non-hydrogen) atoms. The lowest BCUT2D eigenvalue weighted by Gasteiger charge is -2.34. The van der Waals surface area contributed by atoms with Crippen molar-refractivity contribution in [2.24, 2.45) is 0 Å². The van der Waals surface area contributed by atoms with Gasteiger partial charge in [-0.05, 0) is 34.0 Å². The zero-order valence-electron chi connectivity index (χ0n) is 11.1. The molecule has 1 fully saturated rings. The predicted molar refractivity (Wildman–Crippen MR) is 68.2 cm³/mol. The number of carboxylic acids is 1. The molecule has 2 N–H and O–H groups in total. The molecule has 0 amide bonds. The van der Waals surface area contributed by atoms with Gasteiger partial charge in [0.2, 0.25) is 0 Å². The van der Waals surface area contributed by atoms with E-state index in [0.717, 1.165) is 32.6 Å². The molecule has 0 bridgehead atoms. The van der Waals surface area contributed by atoms with E-state index in [2.05, 4.69) is 22.0 Å². The van der Waals surface area contributed by atoms with Gasteiger partial charge in [0.1, 0.15) is 0 Å². The van der Waals surface area contributed by atoms with Crippen LogP contribution < -0.4 is 5.32 Å². The van der Waals surface area contributed by atoms with E-state index in [9.17, 15) is 4.79 Å². The number of aliphatic carboxylic acids is 1. The molecule has 1 heterocycles. The summed E-state index contributed by atoms with van der Waals surface area (Å²) >= 11 is 0. The second-order valence-electron chi connectivity index (χ2n) is 5.13. The standard InChI is InChI=1S/C12H25N3O2/c1-10-4-5-13-9-11(8-12(16)17)15(10)7-6-14(2)3/h10-11,13H,4-9H2,1-3H3,(H,16,17). The number of nitrogens with zero attached hydrogens (tertiary/aromatic N) is 2. The van der Waals surface area contributed by atoms with Crippen molar-refractivity contribution in [2.45, 2.75) is 31.8 Å². The van der Waals surface area contributed by atoms with Crippen molar-refractivity contribution in [3.63, 3.8) is 0 Å². The quantitative estimate of drug-likeness (QED) is 0.716. The third-order valence-corrected chi connectivity index (χ3v) is 3.37. The molecule has 1 aliphatic rings. The van der Waals surface area contributed by atoms with Gasteiger partial charge in [-0.25, -0.2) is 0 Å². The zero-order valence-corrected chi connectivity index (χ0v) is 11.1. The van der Waals surface area contributed by atoms with Gasteiger partial charge in [0, 0.05) is 31.7 Å². The lowest BCUT2D eigenvalue weighted by Crippen LogP contribution is -2.47. The first-order valence-corrected chi connectivity index (χ1v) is 6.33. The van der Waals surface area contributed by atoms with E-state index in [1.165, 1.54) is 0 Å². The van der Waals surface area contributed by atoms with Gasteiger partial charge in [0.15, 0.2) is 0 Å². The average Bonchev–Trinajstić information content (AvgIpc) is 2.37. The van der Waals surface area contributed by atoms with Crippen LogP contribution in [0.4, 0.5) is 0 Å². The normalized spacial score (nSPS) is 27.1. The van der Waals surface area contributed by atoms with Crippen LogP contribution in [0.25, 0.3) is 0 Å². The van der Waals surface area contributed by atoms with E-state index in [4.69, 9.17) is 5.11 Å². The second kappa shape index (κ2) is 6.93. The summed E-state index contributed by atoms with van der Waals surface area (Å²) in [4.78, 5) is 15.4. The van der Waals surface area contributed by atoms with Crippen molar-refractivity contribution < 1.29 is 9.90 Å². The number of likely N-dealkylation sites (N-methyl/N-ethyl adjacent to an activating group) is 1. The Hall–Kier alpha value is -0.650. The summed E-state index contributed by atoms with van der Waals surface area (Å²) in [7, 11) is 4.10. The summed E-state index contributed by atoms with van der Waals surface area (Å²) in [5.41, 5.74) is 0. The highest BCUT2D eigenvalue weighted by Gasteiger charge is 2.27. The molecule has 5 nitrogen and oxygen atoms in total. The fraction of sp³-hybridized carbons (Fsp3) is 0.917. The number of nitrogens with one attached hydrogen (secondary N) is 1. The summed E-state index contributed by atoms with van der Waals surface area (Å²) in [6.07, 6.45) is 1.31. The highest BCUT2D eigenvalue weighted by atomic mass is 16.4. The van der Waals surface area contributed by atoms with E-state index < -0.39 is 5.97 Å². The zero-order chi connectivity index (χ0) is 12.8. The first kappa shape index (κ1) is 14.4. The molecule has 1 saturated heterocycles. The van der Waals surface area contributed by atoms with Gasteiger partial charge in [-0.15, -0.1) is 0 Å². The third kappa shape index (κ3) is 5.02. The minimum atomic E-state index is -0.708. The summed E-state index contributed by atoms with van der Waals surface area (Å²) in [5.74, 6) is -0.708. The van der Waals surface area contributed by atoms with E-state index in [-0.39, 0.29) is 12.5 Å². The smallest absolute Gasteiger partial charge is 0.304 e. The van der Waals surface area contributed by atoms with Crippen LogP contribution in [0, 0.1) is 0 Å². The Kier molecular flexibility index (Phi) is 5.88. The van der Waals surface area contributed by atoms with Gasteiger partial charge in [0.25, 0.3) is 0 Å². The molecular formula is C12H25N3O2. The molecule has 0 aromatic rings. The van der Waals surface area contributed by atoms with Crippen LogP contribution in [-0.4, -0.2) is 73.2 Å². The molecular weight excluding hydrogens is 218 g/mol. The van der Waals surface area contributed by atoms with Gasteiger partial charge in [-0.1, -0.05) is 0 Å². The van der Waals surface area contributed by atoms with Gasteiger partial charge in [-0.3, -0.25) is 9.69 Å². The summed E-state index contributed by atoms with van der Waals surface area (Å²) in [6, 6.07) is 0.569. The van der Waals surface area contributed by atoms with Crippen molar-refractivity contribution in [2.75, 3.05) is 40.3 Å². The minimum Gasteiger partial charge on any atom is -0.481 e. The predicted octanol–water partition coefficient (Wildman–Crippen LogP) is 0.0751. The molecule has 100 valence electrons. The van der Waals surface area contributed by atoms with Crippen molar-refractivity contribution in [1.29, 1.82) is 0 Å². The third-order valence-electron chi connectivity index (χ3n) is 3.37. The Bertz CT molecular complexity index is 246. The lowest BCUT2D eigenvalue weighted by molar-refractivity contribution is -0.138. The first-order chi connectivity index (χ1) is 8.00. The summed E-state index contributed by atoms with van der Waals surface area (Å²) in [6.45, 7) is 5.87. The molecule has 1 rings (SSSR count). The van der Waals surface area contributed by atoms with Crippen LogP contribution in [0.15, 0.2) is 0 Å². The summed E-state index contributed by atoms with van der Waals surface area (Å²) in [5, 5.41) is 12.3. The Morgan fingerprint density at radius 1 is 1.53 bits per heavy atom. The number of carbonyl (C=O) groups is 1. The van der Waals surface area contributed by atoms with Crippen molar-refractivity contribution >= 4 is 5.97 Å². The fourth-order valence-corrected chi connectivity index (χ4v) is 2.33. The van der Waals surface area contributed by atoms with Crippen LogP contribution in [-0.2, 0) is 4.79 Å². The monoisotopic (exact) mass is 243 g/mol. The number of hydrogen-bond donors (Lipinski definition) is 2. The van der Waals surface area contributed by atoms with Gasteiger partial charge in [0.05, 0.1) is 6.42 Å². The van der Waals surface area contributed by atoms with Crippen LogP contribution in [0.5, 0.6) is 0 Å². The van der Waals surface area contributed by atoms with E-state index in [1.54, 1.807) is 0 Å². The fourth-order valence-electron chi connectivity index (χ4n) is 2.33. The number of hydrogen-bond acceptors (Lipinski definition) is 4. The van der Waals surface area contributed by atoms with Gasteiger partial charge in [-0.2, -0.15) is 0 Å². The first-order valence-electron chi connectivity index (χ1n) is 6.33. The summed E-state index contributed by atoms with van der Waals surface area (Å²) < 4.78 is 0. The molecule has 2 atom stereocenters. The highest BCUT2D eigenvalue weighted by Crippen LogP contribution is 2.14. The van der Waals surface area contributed by atoms with Crippen LogP contribution in [0.2, 0.25) is 0 Å². The van der Waals surface area contributed by atoms with Gasteiger partial charge < -0.3 is 15.3 Å². The van der Waals surface area contributed by atoms with E-state index in [1.807, 2.05) is 14.1 Å². The van der Waals surface area contributed by atoms with Crippen LogP contribution >= 0.6 is 0 Å². The largest absolute Gasteiger partial charge is 0.481 e. The Morgan fingerprint density at radius 2 is 2.24 bits per heavy atom. The SMILES string of the molecule is CC1CCNCC(CC(=O)O)N1CCN(C)C. The molecule has 0 radical (unpaired) electrons. The van der Waals surface area contributed by atoms with Crippen LogP contribution in [0.1, 0.15) is 19.8 Å². The Morgan fingerprint density at radius 3 is 2.82 bits per heavy atom. The molecule has 0 aliphatic carbocycles. The molecule has 0 aromatic carbocycles. The maximum atomic E-state index is 10.9. The molecule has 0 saturated carbocycles. The molecule has 2 unspecified atom stereocenters. The maximum absolute atomic E-state index is 10.9. The molecule has 0 spiro atoms. The molecule has 0 aromatic heterocycles. The maximum Gasteiger partial charge on any atom is 0.304 e. The van der Waals surface area contributed by atoms with E-state index in [0.29, 0.717) is 6.04 Å². The average molecular weight is 243 g/mol. The molecule has 1 aliphatic heterocycles. The highest BCUT2D eigenvalue weighted by molar-refractivity contribution is 5.67. The van der Waals surface area contributed by atoms with Gasteiger partial charge >= 0.3 is 5.97 Å². The Labute approximate surface area is 104 Å².